The van der Waals surface area contributed by atoms with E-state index in [-0.39, 0.29) is 0 Å². The van der Waals surface area contributed by atoms with Crippen LogP contribution in [0.5, 0.6) is 11.5 Å². The minimum absolute atomic E-state index is 0.404. The van der Waals surface area contributed by atoms with Crippen molar-refractivity contribution in [3.8, 4) is 34.3 Å². The Balaban J connectivity index is 1.53. The van der Waals surface area contributed by atoms with E-state index in [1.165, 1.54) is 0 Å². The third kappa shape index (κ3) is 3.77. The Bertz CT molecular complexity index is 920. The summed E-state index contributed by atoms with van der Waals surface area (Å²) in [7, 11) is 3.18. The topological polar surface area (TPSA) is 94.3 Å². The monoisotopic (exact) mass is 381 g/mol. The maximum Gasteiger partial charge on any atom is 0.259 e. The summed E-state index contributed by atoms with van der Waals surface area (Å²) in [5, 5.41) is 10.9. The van der Waals surface area contributed by atoms with Gasteiger partial charge in [-0.15, -0.1) is 0 Å². The van der Waals surface area contributed by atoms with Crippen LogP contribution >= 0.6 is 0 Å². The molecular formula is C20H23N5O3. The fourth-order valence-electron chi connectivity index (χ4n) is 3.29. The molecule has 1 aromatic carbocycles. The Morgan fingerprint density at radius 3 is 2.68 bits per heavy atom. The molecule has 8 nitrogen and oxygen atoms in total. The van der Waals surface area contributed by atoms with Gasteiger partial charge in [0.1, 0.15) is 5.82 Å². The predicted octanol–water partition coefficient (Wildman–Crippen LogP) is 2.98. The van der Waals surface area contributed by atoms with Crippen LogP contribution in [-0.2, 0) is 0 Å². The fraction of sp³-hybridized carbons (Fsp3) is 0.350. The number of methoxy groups -OCH3 is 2. The minimum atomic E-state index is 0.404. The van der Waals surface area contributed by atoms with E-state index in [0.29, 0.717) is 34.8 Å². The zero-order valence-corrected chi connectivity index (χ0v) is 15.9. The lowest BCUT2D eigenvalue weighted by molar-refractivity contribution is 0.355. The van der Waals surface area contributed by atoms with Gasteiger partial charge in [0.25, 0.3) is 5.89 Å². The molecule has 2 aromatic heterocycles. The third-order valence-electron chi connectivity index (χ3n) is 4.77. The number of nitrogens with zero attached hydrogens (tertiary/aromatic N) is 3. The molecule has 0 radical (unpaired) electrons. The second kappa shape index (κ2) is 8.26. The number of hydrogen-bond donors (Lipinski definition) is 2. The summed E-state index contributed by atoms with van der Waals surface area (Å²) in [6.07, 6.45) is 3.93. The van der Waals surface area contributed by atoms with Crippen LogP contribution in [0, 0.1) is 0 Å². The first-order valence-corrected chi connectivity index (χ1v) is 9.27. The van der Waals surface area contributed by atoms with Crippen molar-refractivity contribution < 1.29 is 14.0 Å². The van der Waals surface area contributed by atoms with Crippen molar-refractivity contribution >= 4 is 5.82 Å². The van der Waals surface area contributed by atoms with Gasteiger partial charge in [-0.05, 0) is 50.2 Å². The summed E-state index contributed by atoms with van der Waals surface area (Å²) in [6, 6.07) is 9.86. The van der Waals surface area contributed by atoms with Gasteiger partial charge in [0, 0.05) is 12.2 Å². The van der Waals surface area contributed by atoms with Crippen LogP contribution in [0.4, 0.5) is 5.82 Å². The average Bonchev–Trinajstić information content (AvgIpc) is 3.24. The van der Waals surface area contributed by atoms with E-state index >= 15 is 0 Å². The van der Waals surface area contributed by atoms with Crippen LogP contribution in [-0.4, -0.2) is 48.5 Å². The Hall–Kier alpha value is -3.13. The molecule has 4 rings (SSSR count). The first kappa shape index (κ1) is 18.2. The lowest BCUT2D eigenvalue weighted by Crippen LogP contribution is -2.35. The van der Waals surface area contributed by atoms with E-state index < -0.39 is 0 Å². The first-order valence-electron chi connectivity index (χ1n) is 9.27. The molecule has 1 fully saturated rings. The highest BCUT2D eigenvalue weighted by molar-refractivity contribution is 5.69. The Labute approximate surface area is 163 Å². The van der Waals surface area contributed by atoms with Crippen molar-refractivity contribution in [1.29, 1.82) is 0 Å². The number of pyridine rings is 1. The summed E-state index contributed by atoms with van der Waals surface area (Å²) in [6.45, 7) is 2.07. The SMILES string of the molecule is COc1cccc(-c2noc(-c3ccc(NC4CCNCC4)nc3)n2)c1OC. The van der Waals surface area contributed by atoms with Crippen LogP contribution in [0.2, 0.25) is 0 Å². The van der Waals surface area contributed by atoms with Crippen molar-refractivity contribution in [2.75, 3.05) is 32.6 Å². The highest BCUT2D eigenvalue weighted by atomic mass is 16.5. The molecule has 28 heavy (non-hydrogen) atoms. The van der Waals surface area contributed by atoms with Gasteiger partial charge in [0.05, 0.1) is 25.3 Å². The molecule has 3 heterocycles. The molecule has 146 valence electrons. The smallest absolute Gasteiger partial charge is 0.259 e. The van der Waals surface area contributed by atoms with Crippen molar-refractivity contribution in [3.05, 3.63) is 36.5 Å². The van der Waals surface area contributed by atoms with Crippen molar-refractivity contribution in [2.24, 2.45) is 0 Å². The number of hydrogen-bond acceptors (Lipinski definition) is 8. The minimum Gasteiger partial charge on any atom is -0.493 e. The zero-order valence-electron chi connectivity index (χ0n) is 15.9. The number of anilines is 1. The molecule has 3 aromatic rings. The first-order chi connectivity index (χ1) is 13.8. The average molecular weight is 381 g/mol. The molecule has 0 amide bonds. The van der Waals surface area contributed by atoms with Gasteiger partial charge in [0.15, 0.2) is 11.5 Å². The number of rotatable bonds is 6. The second-order valence-electron chi connectivity index (χ2n) is 6.56. The quantitative estimate of drug-likeness (QED) is 0.673. The van der Waals surface area contributed by atoms with Crippen molar-refractivity contribution in [3.63, 3.8) is 0 Å². The van der Waals surface area contributed by atoms with Gasteiger partial charge in [-0.3, -0.25) is 0 Å². The number of aromatic nitrogens is 3. The zero-order chi connectivity index (χ0) is 19.3. The number of nitrogens with one attached hydrogen (secondary N) is 2. The van der Waals surface area contributed by atoms with Crippen LogP contribution in [0.15, 0.2) is 41.1 Å². The largest absolute Gasteiger partial charge is 0.493 e. The van der Waals surface area contributed by atoms with Crippen molar-refractivity contribution in [2.45, 2.75) is 18.9 Å². The van der Waals surface area contributed by atoms with Gasteiger partial charge in [-0.2, -0.15) is 4.98 Å². The number of para-hydroxylation sites is 1. The van der Waals surface area contributed by atoms with E-state index in [9.17, 15) is 0 Å². The molecule has 1 aliphatic rings. The van der Waals surface area contributed by atoms with E-state index in [0.717, 1.165) is 37.3 Å². The number of piperidine rings is 1. The van der Waals surface area contributed by atoms with Gasteiger partial charge in [-0.25, -0.2) is 4.98 Å². The molecule has 0 unspecified atom stereocenters. The van der Waals surface area contributed by atoms with Crippen molar-refractivity contribution in [1.82, 2.24) is 20.4 Å². The Morgan fingerprint density at radius 1 is 1.11 bits per heavy atom. The Kier molecular flexibility index (Phi) is 5.38. The van der Waals surface area contributed by atoms with Crippen LogP contribution in [0.1, 0.15) is 12.8 Å². The lowest BCUT2D eigenvalue weighted by atomic mass is 10.1. The Morgan fingerprint density at radius 2 is 1.96 bits per heavy atom. The van der Waals surface area contributed by atoms with E-state index in [2.05, 4.69) is 25.8 Å². The fourth-order valence-corrected chi connectivity index (χ4v) is 3.29. The maximum atomic E-state index is 5.45. The standard InChI is InChI=1S/C20H23N5O3/c1-26-16-5-3-4-15(18(16)27-2)19-24-20(28-25-19)13-6-7-17(22-12-13)23-14-8-10-21-11-9-14/h3-7,12,14,21H,8-11H2,1-2H3,(H,22,23). The van der Waals surface area contributed by atoms with Gasteiger partial charge < -0.3 is 24.6 Å². The molecule has 2 N–H and O–H groups in total. The van der Waals surface area contributed by atoms with E-state index in [4.69, 9.17) is 14.0 Å². The molecule has 8 heteroatoms. The van der Waals surface area contributed by atoms with Crippen LogP contribution in [0.3, 0.4) is 0 Å². The lowest BCUT2D eigenvalue weighted by Gasteiger charge is -2.24. The third-order valence-corrected chi connectivity index (χ3v) is 4.77. The maximum absolute atomic E-state index is 5.45. The molecule has 1 aliphatic heterocycles. The molecule has 0 spiro atoms. The van der Waals surface area contributed by atoms with Crippen LogP contribution < -0.4 is 20.1 Å². The van der Waals surface area contributed by atoms with Gasteiger partial charge >= 0.3 is 0 Å². The highest BCUT2D eigenvalue weighted by Crippen LogP contribution is 2.37. The molecule has 0 saturated carbocycles. The molecule has 0 aliphatic carbocycles. The summed E-state index contributed by atoms with van der Waals surface area (Å²) in [5.74, 6) is 2.87. The molecule has 0 atom stereocenters. The molecule has 0 bridgehead atoms. The molecular weight excluding hydrogens is 358 g/mol. The van der Waals surface area contributed by atoms with Crippen LogP contribution in [0.25, 0.3) is 22.8 Å². The summed E-state index contributed by atoms with van der Waals surface area (Å²) < 4.78 is 16.2. The number of benzene rings is 1. The van der Waals surface area contributed by atoms with Gasteiger partial charge in [-0.1, -0.05) is 11.2 Å². The van der Waals surface area contributed by atoms with E-state index in [1.807, 2.05) is 30.3 Å². The normalized spacial score (nSPS) is 14.6. The van der Waals surface area contributed by atoms with E-state index in [1.54, 1.807) is 20.4 Å². The summed E-state index contributed by atoms with van der Waals surface area (Å²) >= 11 is 0. The summed E-state index contributed by atoms with van der Waals surface area (Å²) in [5.41, 5.74) is 1.46. The molecule has 1 saturated heterocycles. The number of ether oxygens (including phenoxy) is 2. The highest BCUT2D eigenvalue weighted by Gasteiger charge is 2.18. The second-order valence-corrected chi connectivity index (χ2v) is 6.56. The van der Waals surface area contributed by atoms with Gasteiger partial charge in [0.2, 0.25) is 5.82 Å². The summed E-state index contributed by atoms with van der Waals surface area (Å²) in [4.78, 5) is 8.99. The predicted molar refractivity (Wildman–Crippen MR) is 106 cm³/mol.